The minimum absolute atomic E-state index is 0. The zero-order valence-corrected chi connectivity index (χ0v) is 15.0. The number of hydrogen-bond acceptors (Lipinski definition) is 4. The van der Waals surface area contributed by atoms with E-state index in [9.17, 15) is 4.79 Å². The summed E-state index contributed by atoms with van der Waals surface area (Å²) >= 11 is 0. The number of ether oxygens (including phenoxy) is 2. The smallest absolute Gasteiger partial charge is 0.260 e. The number of rotatable bonds is 7. The van der Waals surface area contributed by atoms with Crippen molar-refractivity contribution in [2.24, 2.45) is 5.92 Å². The van der Waals surface area contributed by atoms with Gasteiger partial charge in [0.05, 0.1) is 7.11 Å². The number of amides is 1. The lowest BCUT2D eigenvalue weighted by molar-refractivity contribution is -0.134. The van der Waals surface area contributed by atoms with Gasteiger partial charge in [-0.2, -0.15) is 0 Å². The van der Waals surface area contributed by atoms with Gasteiger partial charge in [-0.05, 0) is 50.3 Å². The van der Waals surface area contributed by atoms with Gasteiger partial charge in [-0.15, -0.1) is 12.4 Å². The summed E-state index contributed by atoms with van der Waals surface area (Å²) in [5.41, 5.74) is 0. The van der Waals surface area contributed by atoms with Gasteiger partial charge in [-0.1, -0.05) is 12.1 Å². The third-order valence-electron chi connectivity index (χ3n) is 4.66. The maximum Gasteiger partial charge on any atom is 0.260 e. The van der Waals surface area contributed by atoms with Crippen LogP contribution in [0.25, 0.3) is 0 Å². The Morgan fingerprint density at radius 3 is 2.46 bits per heavy atom. The van der Waals surface area contributed by atoms with Crippen LogP contribution in [0, 0.1) is 5.92 Å². The van der Waals surface area contributed by atoms with Crippen molar-refractivity contribution in [3.8, 4) is 11.5 Å². The number of methoxy groups -OCH3 is 1. The monoisotopic (exact) mass is 354 g/mol. The number of nitrogens with zero attached hydrogens (tertiary/aromatic N) is 1. The summed E-state index contributed by atoms with van der Waals surface area (Å²) in [4.78, 5) is 14.2. The molecule has 1 heterocycles. The zero-order valence-electron chi connectivity index (χ0n) is 14.2. The van der Waals surface area contributed by atoms with E-state index in [1.807, 2.05) is 29.2 Å². The van der Waals surface area contributed by atoms with Crippen molar-refractivity contribution in [1.29, 1.82) is 0 Å². The molecule has 0 bridgehead atoms. The van der Waals surface area contributed by atoms with Crippen molar-refractivity contribution >= 4 is 18.3 Å². The number of hydrogen-bond donors (Lipinski definition) is 1. The fourth-order valence-electron chi connectivity index (χ4n) is 2.96. The van der Waals surface area contributed by atoms with Gasteiger partial charge >= 0.3 is 0 Å². The van der Waals surface area contributed by atoms with E-state index in [1.54, 1.807) is 7.11 Å². The Morgan fingerprint density at radius 2 is 1.83 bits per heavy atom. The molecular formula is C18H27ClN2O3. The average molecular weight is 355 g/mol. The first-order valence-corrected chi connectivity index (χ1v) is 8.53. The predicted octanol–water partition coefficient (Wildman–Crippen LogP) is 2.49. The lowest BCUT2D eigenvalue weighted by Gasteiger charge is -2.32. The van der Waals surface area contributed by atoms with E-state index in [1.165, 1.54) is 12.8 Å². The molecule has 2 aliphatic rings. The Balaban J connectivity index is 0.00000208. The second-order valence-corrected chi connectivity index (χ2v) is 6.45. The third kappa shape index (κ3) is 5.28. The summed E-state index contributed by atoms with van der Waals surface area (Å²) in [6, 6.07) is 7.97. The van der Waals surface area contributed by atoms with Gasteiger partial charge in [0.1, 0.15) is 0 Å². The van der Waals surface area contributed by atoms with E-state index in [2.05, 4.69) is 5.32 Å². The molecule has 0 radical (unpaired) electrons. The summed E-state index contributed by atoms with van der Waals surface area (Å²) in [6.45, 7) is 2.85. The Bertz CT molecular complexity index is 529. The van der Waals surface area contributed by atoms with Crippen LogP contribution in [0.2, 0.25) is 0 Å². The first-order chi connectivity index (χ1) is 11.3. The van der Waals surface area contributed by atoms with Gasteiger partial charge in [0.2, 0.25) is 0 Å². The highest BCUT2D eigenvalue weighted by Crippen LogP contribution is 2.28. The fraction of sp³-hybridized carbons (Fsp3) is 0.611. The van der Waals surface area contributed by atoms with Crippen molar-refractivity contribution in [3.63, 3.8) is 0 Å². The number of para-hydroxylation sites is 2. The van der Waals surface area contributed by atoms with E-state index >= 15 is 0 Å². The van der Waals surface area contributed by atoms with Gasteiger partial charge in [-0.3, -0.25) is 4.79 Å². The van der Waals surface area contributed by atoms with Crippen molar-refractivity contribution < 1.29 is 14.3 Å². The molecule has 1 aliphatic carbocycles. The molecule has 5 nitrogen and oxygen atoms in total. The molecule has 3 rings (SSSR count). The minimum Gasteiger partial charge on any atom is -0.493 e. The Morgan fingerprint density at radius 1 is 1.17 bits per heavy atom. The predicted molar refractivity (Wildman–Crippen MR) is 96.1 cm³/mol. The third-order valence-corrected chi connectivity index (χ3v) is 4.66. The van der Waals surface area contributed by atoms with Crippen LogP contribution in [0.5, 0.6) is 11.5 Å². The molecule has 6 heteroatoms. The molecule has 1 saturated heterocycles. The van der Waals surface area contributed by atoms with E-state index in [0.717, 1.165) is 38.4 Å². The number of carbonyl (C=O) groups is 1. The average Bonchev–Trinajstić information content (AvgIpc) is 3.43. The molecule has 2 fully saturated rings. The highest BCUT2D eigenvalue weighted by Gasteiger charge is 2.26. The van der Waals surface area contributed by atoms with Crippen LogP contribution >= 0.6 is 12.4 Å². The molecule has 0 spiro atoms. The quantitative estimate of drug-likeness (QED) is 0.817. The first kappa shape index (κ1) is 18.9. The fourth-order valence-corrected chi connectivity index (χ4v) is 2.96. The Hall–Kier alpha value is -1.46. The van der Waals surface area contributed by atoms with Crippen LogP contribution in [0.3, 0.4) is 0 Å². The summed E-state index contributed by atoms with van der Waals surface area (Å²) in [5, 5.41) is 3.63. The van der Waals surface area contributed by atoms with E-state index in [4.69, 9.17) is 9.47 Å². The number of likely N-dealkylation sites (tertiary alicyclic amines) is 1. The Labute approximate surface area is 150 Å². The zero-order chi connectivity index (χ0) is 16.1. The number of benzene rings is 1. The van der Waals surface area contributed by atoms with Crippen LogP contribution in [0.1, 0.15) is 25.7 Å². The van der Waals surface area contributed by atoms with Crippen molar-refractivity contribution in [1.82, 2.24) is 10.2 Å². The molecule has 0 unspecified atom stereocenters. The molecule has 1 aromatic carbocycles. The number of halogens is 1. The summed E-state index contributed by atoms with van der Waals surface area (Å²) in [6.07, 6.45) is 4.83. The molecule has 1 amide bonds. The standard InChI is InChI=1S/C18H26N2O3.ClH/c1-22-16-4-2-3-5-17(16)23-13-18(21)20-10-8-15(9-11-20)19-12-14-6-7-14;/h2-5,14-15,19H,6-13H2,1H3;1H. The maximum absolute atomic E-state index is 12.3. The molecule has 1 aromatic rings. The van der Waals surface area contributed by atoms with Gasteiger partial charge in [0.25, 0.3) is 5.91 Å². The highest BCUT2D eigenvalue weighted by molar-refractivity contribution is 5.85. The summed E-state index contributed by atoms with van der Waals surface area (Å²) in [5.74, 6) is 2.23. The van der Waals surface area contributed by atoms with Crippen molar-refractivity contribution in [2.75, 3.05) is 33.4 Å². The summed E-state index contributed by atoms with van der Waals surface area (Å²) in [7, 11) is 1.60. The normalized spacial score (nSPS) is 18.0. The van der Waals surface area contributed by atoms with Gasteiger partial charge in [0, 0.05) is 19.1 Å². The van der Waals surface area contributed by atoms with Crippen LogP contribution in [-0.2, 0) is 4.79 Å². The van der Waals surface area contributed by atoms with E-state index in [0.29, 0.717) is 17.5 Å². The van der Waals surface area contributed by atoms with Crippen LogP contribution in [-0.4, -0.2) is 50.2 Å². The number of carbonyl (C=O) groups excluding carboxylic acids is 1. The molecule has 134 valence electrons. The Kier molecular flexibility index (Phi) is 7.18. The lowest BCUT2D eigenvalue weighted by atomic mass is 10.0. The SMILES string of the molecule is COc1ccccc1OCC(=O)N1CCC(NCC2CC2)CC1.Cl. The lowest BCUT2D eigenvalue weighted by Crippen LogP contribution is -2.46. The largest absolute Gasteiger partial charge is 0.493 e. The molecule has 1 N–H and O–H groups in total. The van der Waals surface area contributed by atoms with Gasteiger partial charge in [0.15, 0.2) is 18.1 Å². The topological polar surface area (TPSA) is 50.8 Å². The van der Waals surface area contributed by atoms with Gasteiger partial charge < -0.3 is 19.7 Å². The van der Waals surface area contributed by atoms with E-state index in [-0.39, 0.29) is 24.9 Å². The number of nitrogens with one attached hydrogen (secondary N) is 1. The maximum atomic E-state index is 12.3. The van der Waals surface area contributed by atoms with Crippen LogP contribution < -0.4 is 14.8 Å². The first-order valence-electron chi connectivity index (χ1n) is 8.53. The molecule has 0 aromatic heterocycles. The van der Waals surface area contributed by atoms with Crippen LogP contribution in [0.4, 0.5) is 0 Å². The molecular weight excluding hydrogens is 328 g/mol. The van der Waals surface area contributed by atoms with Crippen molar-refractivity contribution in [3.05, 3.63) is 24.3 Å². The second kappa shape index (κ2) is 9.14. The summed E-state index contributed by atoms with van der Waals surface area (Å²) < 4.78 is 10.9. The highest BCUT2D eigenvalue weighted by atomic mass is 35.5. The molecule has 1 aliphatic heterocycles. The second-order valence-electron chi connectivity index (χ2n) is 6.45. The molecule has 1 saturated carbocycles. The number of piperidine rings is 1. The van der Waals surface area contributed by atoms with Gasteiger partial charge in [-0.25, -0.2) is 0 Å². The van der Waals surface area contributed by atoms with E-state index < -0.39 is 0 Å². The minimum atomic E-state index is 0. The van der Waals surface area contributed by atoms with Crippen molar-refractivity contribution in [2.45, 2.75) is 31.7 Å². The molecule has 0 atom stereocenters. The van der Waals surface area contributed by atoms with Crippen LogP contribution in [0.15, 0.2) is 24.3 Å². The molecule has 24 heavy (non-hydrogen) atoms.